The fourth-order valence-corrected chi connectivity index (χ4v) is 1.83. The van der Waals surface area contributed by atoms with E-state index in [1.54, 1.807) is 0 Å². The van der Waals surface area contributed by atoms with E-state index in [1.165, 1.54) is 14.1 Å². The third-order valence-electron chi connectivity index (χ3n) is 3.29. The average Bonchev–Trinajstić information content (AvgIpc) is 2.14. The summed E-state index contributed by atoms with van der Waals surface area (Å²) in [4.78, 5) is 11.5. The molecule has 0 bridgehead atoms. The Kier molecular flexibility index (Phi) is 6.80. The van der Waals surface area contributed by atoms with Crippen molar-refractivity contribution in [1.29, 1.82) is 0 Å². The summed E-state index contributed by atoms with van der Waals surface area (Å²) in [6.45, 7) is 2.20. The standard InChI is InChI=1S/C3H15B9O/c1-2-3(13)10(5)12(7)11(6)9-8-4/h8-9H,2,4-7H2,1H3. The van der Waals surface area contributed by atoms with Crippen LogP contribution in [-0.4, -0.2) is 70.0 Å². The topological polar surface area (TPSA) is 17.1 Å². The maximum Gasteiger partial charge on any atom is 0.137 e. The predicted octanol–water partition coefficient (Wildman–Crippen LogP) is -5.63. The molecule has 0 aromatic carbocycles. The van der Waals surface area contributed by atoms with Gasteiger partial charge < -0.3 is 4.79 Å². The van der Waals surface area contributed by atoms with Gasteiger partial charge in [0, 0.05) is 26.9 Å². The smallest absolute Gasteiger partial charge is 0.137 e. The molecule has 0 fully saturated rings. The quantitative estimate of drug-likeness (QED) is 0.358. The summed E-state index contributed by atoms with van der Waals surface area (Å²) in [5.74, 6) is 0. The van der Waals surface area contributed by atoms with E-state index in [9.17, 15) is 4.79 Å². The van der Waals surface area contributed by atoms with Gasteiger partial charge in [-0.3, -0.25) is 0 Å². The zero-order valence-corrected chi connectivity index (χ0v) is 9.76. The second-order valence-corrected chi connectivity index (χ2v) is 4.23. The van der Waals surface area contributed by atoms with Gasteiger partial charge >= 0.3 is 0 Å². The Bertz CT molecular complexity index is 161. The largest absolute Gasteiger partial charge is 0.313 e. The number of hydrogen-bond donors (Lipinski definition) is 0. The Morgan fingerprint density at radius 3 is 2.31 bits per heavy atom. The SMILES string of the molecule is BBBB(B)B(B)B(B)C(=O)CC. The first-order valence-electron chi connectivity index (χ1n) is 5.57. The first-order chi connectivity index (χ1) is 6.04. The van der Waals surface area contributed by atoms with Crippen LogP contribution in [0.25, 0.3) is 0 Å². The van der Waals surface area contributed by atoms with E-state index >= 15 is 0 Å². The maximum absolute atomic E-state index is 11.5. The van der Waals surface area contributed by atoms with E-state index in [0.717, 1.165) is 0 Å². The van der Waals surface area contributed by atoms with E-state index in [-0.39, 0.29) is 6.49 Å². The van der Waals surface area contributed by atoms with Crippen LogP contribution in [0.3, 0.4) is 0 Å². The van der Waals surface area contributed by atoms with Crippen LogP contribution in [0, 0.1) is 0 Å². The van der Waals surface area contributed by atoms with Crippen molar-refractivity contribution in [3.8, 4) is 0 Å². The molecule has 0 aliphatic carbocycles. The fraction of sp³-hybridized carbons (Fsp3) is 0.667. The summed E-state index contributed by atoms with van der Waals surface area (Å²) in [6.07, 6.45) is 1.90. The second-order valence-electron chi connectivity index (χ2n) is 4.23. The van der Waals surface area contributed by atoms with Crippen LogP contribution in [-0.2, 0) is 4.79 Å². The Morgan fingerprint density at radius 2 is 1.92 bits per heavy atom. The third-order valence-corrected chi connectivity index (χ3v) is 3.29. The van der Waals surface area contributed by atoms with Crippen LogP contribution in [0.2, 0.25) is 0 Å². The average molecular weight is 164 g/mol. The molecule has 0 atom stereocenters. The van der Waals surface area contributed by atoms with Crippen molar-refractivity contribution in [3.63, 3.8) is 0 Å². The van der Waals surface area contributed by atoms with Crippen molar-refractivity contribution in [2.24, 2.45) is 0 Å². The molecule has 60 valence electrons. The summed E-state index contributed by atoms with van der Waals surface area (Å²) in [5.41, 5.74) is 0.412. The Labute approximate surface area is 88.5 Å². The van der Waals surface area contributed by atoms with Gasteiger partial charge in [0.1, 0.15) is 6.49 Å². The zero-order chi connectivity index (χ0) is 10.4. The van der Waals surface area contributed by atoms with Gasteiger partial charge in [0.15, 0.2) is 0 Å². The van der Waals surface area contributed by atoms with Crippen LogP contribution >= 0.6 is 0 Å². The molecule has 0 aromatic rings. The minimum Gasteiger partial charge on any atom is -0.313 e. The van der Waals surface area contributed by atoms with Crippen molar-refractivity contribution in [1.82, 2.24) is 0 Å². The van der Waals surface area contributed by atoms with Gasteiger partial charge in [-0.05, 0) is 6.42 Å². The molecule has 0 saturated carbocycles. The second kappa shape index (κ2) is 6.67. The maximum atomic E-state index is 11.5. The number of carbonyl (C=O) groups excluding carboxylic acids is 1. The molecule has 0 heterocycles. The fourth-order valence-electron chi connectivity index (χ4n) is 1.83. The van der Waals surface area contributed by atoms with Crippen molar-refractivity contribution < 1.29 is 4.79 Å². The molecule has 0 spiro atoms. The van der Waals surface area contributed by atoms with E-state index < -0.39 is 0 Å². The summed E-state index contributed by atoms with van der Waals surface area (Å²) >= 11 is 0. The molecule has 0 aliphatic rings. The highest BCUT2D eigenvalue weighted by Crippen LogP contribution is 1.91. The van der Waals surface area contributed by atoms with Crippen molar-refractivity contribution in [2.75, 3.05) is 0 Å². The molecule has 0 rings (SSSR count). The van der Waals surface area contributed by atoms with Gasteiger partial charge in [0.25, 0.3) is 0 Å². The summed E-state index contributed by atoms with van der Waals surface area (Å²) in [6, 6.07) is 0. The molecule has 0 aliphatic heterocycles. The summed E-state index contributed by atoms with van der Waals surface area (Å²) < 4.78 is 0. The van der Waals surface area contributed by atoms with Gasteiger partial charge in [-0.2, -0.15) is 0 Å². The van der Waals surface area contributed by atoms with Gasteiger partial charge in [-0.15, -0.1) is 0 Å². The molecule has 13 heavy (non-hydrogen) atoms. The lowest BCUT2D eigenvalue weighted by Crippen LogP contribution is -2.58. The molecule has 0 amide bonds. The third kappa shape index (κ3) is 4.33. The van der Waals surface area contributed by atoms with Gasteiger partial charge in [0.05, 0.1) is 36.6 Å². The first-order valence-corrected chi connectivity index (χ1v) is 5.57. The number of carbonyl (C=O) groups is 1. The Balaban J connectivity index is 4.07. The van der Waals surface area contributed by atoms with Crippen LogP contribution in [0.5, 0.6) is 0 Å². The molecule has 10 heteroatoms. The lowest BCUT2D eigenvalue weighted by molar-refractivity contribution is -0.111. The van der Waals surface area contributed by atoms with E-state index in [0.29, 0.717) is 24.9 Å². The number of hydrogen-bond acceptors (Lipinski definition) is 1. The van der Waals surface area contributed by atoms with Crippen LogP contribution in [0.15, 0.2) is 0 Å². The van der Waals surface area contributed by atoms with Gasteiger partial charge in [-0.25, -0.2) is 0 Å². The van der Waals surface area contributed by atoms with Crippen LogP contribution < -0.4 is 0 Å². The van der Waals surface area contributed by atoms with E-state index in [4.69, 9.17) is 0 Å². The van der Waals surface area contributed by atoms with Gasteiger partial charge in [0.2, 0.25) is 0 Å². The van der Waals surface area contributed by atoms with Crippen LogP contribution in [0.4, 0.5) is 0 Å². The predicted molar refractivity (Wildman–Crippen MR) is 81.0 cm³/mol. The zero-order valence-electron chi connectivity index (χ0n) is 9.76. The van der Waals surface area contributed by atoms with E-state index in [1.807, 2.05) is 6.92 Å². The molecular weight excluding hydrogens is 149 g/mol. The van der Waals surface area contributed by atoms with Crippen molar-refractivity contribution >= 4 is 70.0 Å². The van der Waals surface area contributed by atoms with E-state index in [2.05, 4.69) is 30.9 Å². The molecule has 0 unspecified atom stereocenters. The summed E-state index contributed by atoms with van der Waals surface area (Å²) in [7, 11) is 11.2. The minimum atomic E-state index is 0.242. The molecule has 0 N–H and O–H groups in total. The first kappa shape index (κ1) is 13.3. The molecule has 0 aromatic heterocycles. The molecule has 1 nitrogen and oxygen atoms in total. The molecule has 0 saturated heterocycles. The highest BCUT2D eigenvalue weighted by molar-refractivity contribution is 7.92. The van der Waals surface area contributed by atoms with Crippen LogP contribution in [0.1, 0.15) is 13.3 Å². The lowest BCUT2D eigenvalue weighted by atomic mass is 8.66. The normalized spacial score (nSPS) is 8.69. The summed E-state index contributed by atoms with van der Waals surface area (Å²) in [5, 5.41) is 0. The van der Waals surface area contributed by atoms with Crippen molar-refractivity contribution in [3.05, 3.63) is 0 Å². The van der Waals surface area contributed by atoms with Gasteiger partial charge in [-0.1, -0.05) is 6.92 Å². The highest BCUT2D eigenvalue weighted by Gasteiger charge is 2.29. The Hall–Kier alpha value is 0.254. The lowest BCUT2D eigenvalue weighted by Gasteiger charge is -2.17. The minimum absolute atomic E-state index is 0.242. The molecule has 0 radical (unpaired) electrons. The monoisotopic (exact) mass is 166 g/mol. The number of rotatable bonds is 6. The highest BCUT2D eigenvalue weighted by atomic mass is 16.1. The molecular formula is C3H15B9O. The van der Waals surface area contributed by atoms with Crippen molar-refractivity contribution in [2.45, 2.75) is 13.3 Å². The Morgan fingerprint density at radius 1 is 1.38 bits per heavy atom.